The second-order valence-electron chi connectivity index (χ2n) is 9.10. The summed E-state index contributed by atoms with van der Waals surface area (Å²) in [5, 5.41) is 0. The highest BCUT2D eigenvalue weighted by Crippen LogP contribution is 2.33. The molecule has 1 unspecified atom stereocenters. The van der Waals surface area contributed by atoms with Gasteiger partial charge in [-0.2, -0.15) is 0 Å². The molecule has 0 bridgehead atoms. The predicted molar refractivity (Wildman–Crippen MR) is 126 cm³/mol. The van der Waals surface area contributed by atoms with Gasteiger partial charge in [-0.05, 0) is 30.4 Å². The predicted octanol–water partition coefficient (Wildman–Crippen LogP) is 3.60. The summed E-state index contributed by atoms with van der Waals surface area (Å²) in [6.07, 6.45) is 2.83. The Kier molecular flexibility index (Phi) is 9.33. The SMILES string of the molecule is C=CC[C@@H]1C=CC(=O)[C@@H]([C@@H](C)[C@@H]2O[C@H](CC(C)COC(C)=O)[C@H](OCc3ccccc3)C2=O)O1. The standard InChI is InChI=1S/C27H34O7/c1-5-9-21-12-13-22(29)25(33-21)18(3)26-24(30)27(32-16-20-10-7-6-8-11-20)23(34-26)14-17(2)15-31-19(4)28/h5-8,10-13,17-18,21,23,25-27H,1,9,14-16H2,2-4H3/t17?,18-,21-,23-,25-,26+,27+/m1/s1. The second kappa shape index (κ2) is 12.2. The van der Waals surface area contributed by atoms with E-state index in [2.05, 4.69) is 6.58 Å². The van der Waals surface area contributed by atoms with Crippen molar-refractivity contribution in [3.63, 3.8) is 0 Å². The number of benzene rings is 1. The molecule has 2 aliphatic heterocycles. The summed E-state index contributed by atoms with van der Waals surface area (Å²) in [5.74, 6) is -1.26. The summed E-state index contributed by atoms with van der Waals surface area (Å²) in [7, 11) is 0. The van der Waals surface area contributed by atoms with E-state index < -0.39 is 30.3 Å². The molecule has 0 spiro atoms. The number of hydrogen-bond acceptors (Lipinski definition) is 7. The number of Topliss-reactive ketones (excluding diaryl/α,β-unsaturated/α-hetero) is 1. The largest absolute Gasteiger partial charge is 0.466 e. The van der Waals surface area contributed by atoms with Crippen LogP contribution < -0.4 is 0 Å². The molecule has 0 N–H and O–H groups in total. The van der Waals surface area contributed by atoms with Gasteiger partial charge in [0, 0.05) is 12.8 Å². The molecule has 1 aromatic carbocycles. The van der Waals surface area contributed by atoms with Crippen LogP contribution in [0.3, 0.4) is 0 Å². The maximum atomic E-state index is 13.4. The zero-order valence-corrected chi connectivity index (χ0v) is 20.1. The van der Waals surface area contributed by atoms with Crippen molar-refractivity contribution in [2.75, 3.05) is 6.61 Å². The minimum atomic E-state index is -0.837. The second-order valence-corrected chi connectivity index (χ2v) is 9.10. The normalized spacial score (nSPS) is 28.5. The van der Waals surface area contributed by atoms with Crippen molar-refractivity contribution in [2.45, 2.75) is 70.7 Å². The lowest BCUT2D eigenvalue weighted by molar-refractivity contribution is -0.144. The van der Waals surface area contributed by atoms with E-state index in [0.29, 0.717) is 12.8 Å². The molecule has 0 aliphatic carbocycles. The Morgan fingerprint density at radius 3 is 2.56 bits per heavy atom. The van der Waals surface area contributed by atoms with Crippen molar-refractivity contribution >= 4 is 17.5 Å². The molecule has 0 amide bonds. The van der Waals surface area contributed by atoms with Gasteiger partial charge in [0.15, 0.2) is 11.6 Å². The Balaban J connectivity index is 1.73. The van der Waals surface area contributed by atoms with Crippen LogP contribution in [-0.4, -0.2) is 54.7 Å². The van der Waals surface area contributed by atoms with Crippen LogP contribution in [0.15, 0.2) is 55.1 Å². The first kappa shape index (κ1) is 26.0. The fourth-order valence-corrected chi connectivity index (χ4v) is 4.35. The van der Waals surface area contributed by atoms with Crippen LogP contribution in [0.1, 0.15) is 39.2 Å². The Morgan fingerprint density at radius 1 is 1.15 bits per heavy atom. The molecular weight excluding hydrogens is 436 g/mol. The zero-order chi connectivity index (χ0) is 24.7. The Bertz CT molecular complexity index is 893. The van der Waals surface area contributed by atoms with Gasteiger partial charge >= 0.3 is 5.97 Å². The first-order valence-electron chi connectivity index (χ1n) is 11.8. The number of carbonyl (C=O) groups is 3. The maximum absolute atomic E-state index is 13.4. The van der Waals surface area contributed by atoms with Gasteiger partial charge in [0.1, 0.15) is 18.3 Å². The van der Waals surface area contributed by atoms with Crippen molar-refractivity contribution in [3.05, 3.63) is 60.7 Å². The summed E-state index contributed by atoms with van der Waals surface area (Å²) in [4.78, 5) is 37.2. The molecule has 34 heavy (non-hydrogen) atoms. The third kappa shape index (κ3) is 6.72. The van der Waals surface area contributed by atoms with E-state index in [4.69, 9.17) is 18.9 Å². The smallest absolute Gasteiger partial charge is 0.302 e. The Hall–Kier alpha value is -2.61. The van der Waals surface area contributed by atoms with E-state index in [9.17, 15) is 14.4 Å². The fourth-order valence-electron chi connectivity index (χ4n) is 4.35. The molecule has 1 aromatic rings. The van der Waals surface area contributed by atoms with Crippen molar-refractivity contribution < 1.29 is 33.3 Å². The van der Waals surface area contributed by atoms with Gasteiger partial charge in [0.25, 0.3) is 0 Å². The van der Waals surface area contributed by atoms with Crippen LogP contribution >= 0.6 is 0 Å². The molecule has 0 saturated carbocycles. The van der Waals surface area contributed by atoms with E-state index in [0.717, 1.165) is 5.56 Å². The Labute approximate surface area is 201 Å². The van der Waals surface area contributed by atoms with Crippen LogP contribution in [0.25, 0.3) is 0 Å². The lowest BCUT2D eigenvalue weighted by Crippen LogP contribution is -2.44. The van der Waals surface area contributed by atoms with Gasteiger partial charge < -0.3 is 18.9 Å². The van der Waals surface area contributed by atoms with Gasteiger partial charge in [-0.25, -0.2) is 0 Å². The average molecular weight is 471 g/mol. The summed E-state index contributed by atoms with van der Waals surface area (Å²) in [5.41, 5.74) is 0.946. The van der Waals surface area contributed by atoms with E-state index >= 15 is 0 Å². The number of ether oxygens (including phenoxy) is 4. The van der Waals surface area contributed by atoms with Crippen molar-refractivity contribution in [3.8, 4) is 0 Å². The first-order valence-corrected chi connectivity index (χ1v) is 11.8. The van der Waals surface area contributed by atoms with Gasteiger partial charge in [-0.3, -0.25) is 14.4 Å². The van der Waals surface area contributed by atoms with E-state index in [1.165, 1.54) is 13.0 Å². The average Bonchev–Trinajstić information content (AvgIpc) is 3.12. The molecule has 7 heteroatoms. The molecule has 0 radical (unpaired) electrons. The monoisotopic (exact) mass is 470 g/mol. The minimum Gasteiger partial charge on any atom is -0.466 e. The molecule has 7 atom stereocenters. The molecule has 2 heterocycles. The molecule has 184 valence electrons. The van der Waals surface area contributed by atoms with Gasteiger partial charge in [0.2, 0.25) is 0 Å². The van der Waals surface area contributed by atoms with E-state index in [-0.39, 0.29) is 42.8 Å². The zero-order valence-electron chi connectivity index (χ0n) is 20.1. The topological polar surface area (TPSA) is 88.1 Å². The number of esters is 1. The van der Waals surface area contributed by atoms with E-state index in [1.807, 2.05) is 37.3 Å². The highest BCUT2D eigenvalue weighted by Gasteiger charge is 2.49. The minimum absolute atomic E-state index is 0.0361. The third-order valence-electron chi connectivity index (χ3n) is 6.13. The molecule has 0 aromatic heterocycles. The van der Waals surface area contributed by atoms with Gasteiger partial charge in [0.05, 0.1) is 25.4 Å². The van der Waals surface area contributed by atoms with Crippen molar-refractivity contribution in [1.82, 2.24) is 0 Å². The quantitative estimate of drug-likeness (QED) is 0.361. The lowest BCUT2D eigenvalue weighted by Gasteiger charge is -2.31. The van der Waals surface area contributed by atoms with E-state index in [1.54, 1.807) is 19.1 Å². The molecule has 7 nitrogen and oxygen atoms in total. The Morgan fingerprint density at radius 2 is 1.88 bits per heavy atom. The summed E-state index contributed by atoms with van der Waals surface area (Å²) in [6.45, 7) is 9.31. The van der Waals surface area contributed by atoms with Crippen molar-refractivity contribution in [1.29, 1.82) is 0 Å². The number of rotatable bonds is 11. The fraction of sp³-hybridized carbons (Fsp3) is 0.519. The summed E-state index contributed by atoms with van der Waals surface area (Å²) < 4.78 is 23.4. The molecule has 1 fully saturated rings. The highest BCUT2D eigenvalue weighted by molar-refractivity contribution is 5.96. The first-order chi connectivity index (χ1) is 16.3. The lowest BCUT2D eigenvalue weighted by atomic mass is 9.89. The molecule has 2 aliphatic rings. The van der Waals surface area contributed by atoms with Crippen LogP contribution in [0, 0.1) is 11.8 Å². The number of carbonyl (C=O) groups excluding carboxylic acids is 3. The van der Waals surface area contributed by atoms with Crippen LogP contribution in [0.4, 0.5) is 0 Å². The molecular formula is C27H34O7. The molecule has 1 saturated heterocycles. The summed E-state index contributed by atoms with van der Waals surface area (Å²) in [6, 6.07) is 9.60. The van der Waals surface area contributed by atoms with Gasteiger partial charge in [-0.15, -0.1) is 6.58 Å². The maximum Gasteiger partial charge on any atom is 0.302 e. The number of hydrogen-bond donors (Lipinski definition) is 0. The van der Waals surface area contributed by atoms with Crippen LogP contribution in [0.2, 0.25) is 0 Å². The number of ketones is 2. The molecule has 3 rings (SSSR count). The summed E-state index contributed by atoms with van der Waals surface area (Å²) >= 11 is 0. The van der Waals surface area contributed by atoms with Crippen LogP contribution in [-0.2, 0) is 39.9 Å². The van der Waals surface area contributed by atoms with Gasteiger partial charge in [-0.1, -0.05) is 56.3 Å². The highest BCUT2D eigenvalue weighted by atomic mass is 16.6. The third-order valence-corrected chi connectivity index (χ3v) is 6.13. The van der Waals surface area contributed by atoms with Crippen LogP contribution in [0.5, 0.6) is 0 Å². The van der Waals surface area contributed by atoms with Crippen molar-refractivity contribution in [2.24, 2.45) is 11.8 Å².